The number of hydrogen-bond acceptors (Lipinski definition) is 6. The zero-order valence-electron chi connectivity index (χ0n) is 10.9. The summed E-state index contributed by atoms with van der Waals surface area (Å²) in [7, 11) is 1.27. The molecule has 0 heterocycles. The van der Waals surface area contributed by atoms with Crippen molar-refractivity contribution < 1.29 is 35.1 Å². The highest BCUT2D eigenvalue weighted by Crippen LogP contribution is 2.45. The maximum absolute atomic E-state index is 11.3. The second-order valence-corrected chi connectivity index (χ2v) is 4.20. The lowest BCUT2D eigenvalue weighted by molar-refractivity contribution is 0.0697. The fourth-order valence-corrected chi connectivity index (χ4v) is 1.92. The standard InChI is InChI=1S/C14H12O7/c1-21-11-5-8(14(19)20)7(4-10(11)16)6-2-3-9(15)13(18)12(6)17/h2-5,15-18H,1H3,(H,19,20). The van der Waals surface area contributed by atoms with Crippen LogP contribution in [0.15, 0.2) is 24.3 Å². The van der Waals surface area contributed by atoms with Crippen LogP contribution >= 0.6 is 0 Å². The molecule has 0 aliphatic carbocycles. The van der Waals surface area contributed by atoms with Gasteiger partial charge in [0.1, 0.15) is 0 Å². The lowest BCUT2D eigenvalue weighted by Gasteiger charge is -2.13. The van der Waals surface area contributed by atoms with Gasteiger partial charge in [-0.25, -0.2) is 4.79 Å². The van der Waals surface area contributed by atoms with E-state index >= 15 is 0 Å². The van der Waals surface area contributed by atoms with Crippen LogP contribution in [-0.4, -0.2) is 38.6 Å². The van der Waals surface area contributed by atoms with Gasteiger partial charge in [0.15, 0.2) is 23.0 Å². The van der Waals surface area contributed by atoms with E-state index in [0.717, 1.165) is 18.2 Å². The summed E-state index contributed by atoms with van der Waals surface area (Å²) in [6.45, 7) is 0. The summed E-state index contributed by atoms with van der Waals surface area (Å²) in [5.41, 5.74) is -0.334. The molecule has 2 aromatic carbocycles. The molecule has 0 unspecified atom stereocenters. The average Bonchev–Trinajstić information content (AvgIpc) is 2.44. The highest BCUT2D eigenvalue weighted by molar-refractivity contribution is 5.98. The van der Waals surface area contributed by atoms with Gasteiger partial charge in [-0.3, -0.25) is 0 Å². The van der Waals surface area contributed by atoms with Gasteiger partial charge in [0.2, 0.25) is 5.75 Å². The Kier molecular flexibility index (Phi) is 3.49. The number of aromatic hydroxyl groups is 4. The summed E-state index contributed by atoms with van der Waals surface area (Å²) in [6, 6.07) is 4.50. The van der Waals surface area contributed by atoms with E-state index < -0.39 is 23.2 Å². The van der Waals surface area contributed by atoms with Crippen molar-refractivity contribution >= 4 is 5.97 Å². The van der Waals surface area contributed by atoms with Gasteiger partial charge in [0.05, 0.1) is 12.7 Å². The van der Waals surface area contributed by atoms with Crippen LogP contribution in [0.1, 0.15) is 10.4 Å². The van der Waals surface area contributed by atoms with Crippen LogP contribution in [0.3, 0.4) is 0 Å². The number of hydrogen-bond donors (Lipinski definition) is 5. The lowest BCUT2D eigenvalue weighted by Crippen LogP contribution is -2.01. The molecule has 0 aromatic heterocycles. The molecule has 0 atom stereocenters. The first-order chi connectivity index (χ1) is 9.86. The first-order valence-corrected chi connectivity index (χ1v) is 5.75. The Hall–Kier alpha value is -3.09. The first-order valence-electron chi connectivity index (χ1n) is 5.75. The Labute approximate surface area is 118 Å². The Morgan fingerprint density at radius 3 is 2.19 bits per heavy atom. The summed E-state index contributed by atoms with van der Waals surface area (Å²) < 4.78 is 4.83. The molecule has 7 nitrogen and oxygen atoms in total. The summed E-state index contributed by atoms with van der Waals surface area (Å²) in [5, 5.41) is 47.6. The van der Waals surface area contributed by atoms with Gasteiger partial charge in [-0.1, -0.05) is 0 Å². The van der Waals surface area contributed by atoms with Crippen molar-refractivity contribution in [1.82, 2.24) is 0 Å². The van der Waals surface area contributed by atoms with Crippen molar-refractivity contribution in [2.24, 2.45) is 0 Å². The number of phenols is 4. The maximum Gasteiger partial charge on any atom is 0.336 e. The second-order valence-electron chi connectivity index (χ2n) is 4.20. The van der Waals surface area contributed by atoms with Crippen molar-refractivity contribution in [2.75, 3.05) is 7.11 Å². The van der Waals surface area contributed by atoms with Gasteiger partial charge < -0.3 is 30.3 Å². The van der Waals surface area contributed by atoms with E-state index in [2.05, 4.69) is 0 Å². The van der Waals surface area contributed by atoms with Gasteiger partial charge in [-0.15, -0.1) is 0 Å². The van der Waals surface area contributed by atoms with Gasteiger partial charge in [-0.05, 0) is 24.3 Å². The number of phenolic OH excluding ortho intramolecular Hbond substituents is 4. The molecule has 0 fully saturated rings. The number of benzene rings is 2. The third-order valence-corrected chi connectivity index (χ3v) is 2.97. The lowest BCUT2D eigenvalue weighted by atomic mass is 9.97. The van der Waals surface area contributed by atoms with Crippen LogP contribution in [0.2, 0.25) is 0 Å². The van der Waals surface area contributed by atoms with Crippen molar-refractivity contribution in [3.8, 4) is 39.9 Å². The van der Waals surface area contributed by atoms with Crippen molar-refractivity contribution in [3.05, 3.63) is 29.8 Å². The van der Waals surface area contributed by atoms with Crippen LogP contribution in [0, 0.1) is 0 Å². The summed E-state index contributed by atoms with van der Waals surface area (Å²) in [4.78, 5) is 11.3. The van der Waals surface area contributed by atoms with Gasteiger partial charge in [0.25, 0.3) is 0 Å². The van der Waals surface area contributed by atoms with E-state index in [0.29, 0.717) is 0 Å². The van der Waals surface area contributed by atoms with Crippen molar-refractivity contribution in [3.63, 3.8) is 0 Å². The van der Waals surface area contributed by atoms with Gasteiger partial charge in [-0.2, -0.15) is 0 Å². The largest absolute Gasteiger partial charge is 0.504 e. The monoisotopic (exact) mass is 292 g/mol. The Morgan fingerprint density at radius 2 is 1.62 bits per heavy atom. The number of carbonyl (C=O) groups is 1. The summed E-state index contributed by atoms with van der Waals surface area (Å²) >= 11 is 0. The number of methoxy groups -OCH3 is 1. The molecule has 0 saturated carbocycles. The minimum absolute atomic E-state index is 0.0337. The van der Waals surface area contributed by atoms with E-state index in [9.17, 15) is 30.3 Å². The smallest absolute Gasteiger partial charge is 0.336 e. The molecule has 0 radical (unpaired) electrons. The highest BCUT2D eigenvalue weighted by atomic mass is 16.5. The predicted octanol–water partition coefficient (Wildman–Crippen LogP) is 1.88. The molecule has 5 N–H and O–H groups in total. The molecule has 2 rings (SSSR count). The van der Waals surface area contributed by atoms with E-state index in [1.165, 1.54) is 13.2 Å². The Bertz CT molecular complexity index is 722. The number of aromatic carboxylic acids is 1. The zero-order valence-corrected chi connectivity index (χ0v) is 10.9. The first kappa shape index (κ1) is 14.3. The van der Waals surface area contributed by atoms with Crippen molar-refractivity contribution in [2.45, 2.75) is 0 Å². The van der Waals surface area contributed by atoms with E-state index in [-0.39, 0.29) is 28.2 Å². The molecular weight excluding hydrogens is 280 g/mol. The van der Waals surface area contributed by atoms with Gasteiger partial charge in [0, 0.05) is 11.1 Å². The fraction of sp³-hybridized carbons (Fsp3) is 0.0714. The normalized spacial score (nSPS) is 10.3. The van der Waals surface area contributed by atoms with E-state index in [1.54, 1.807) is 0 Å². The van der Waals surface area contributed by atoms with Crippen LogP contribution in [-0.2, 0) is 0 Å². The molecule has 7 heteroatoms. The van der Waals surface area contributed by atoms with Gasteiger partial charge >= 0.3 is 5.97 Å². The molecule has 0 spiro atoms. The Morgan fingerprint density at radius 1 is 0.952 bits per heavy atom. The van der Waals surface area contributed by atoms with E-state index in [1.807, 2.05) is 0 Å². The fourth-order valence-electron chi connectivity index (χ4n) is 1.92. The average molecular weight is 292 g/mol. The molecule has 0 saturated heterocycles. The second kappa shape index (κ2) is 5.12. The minimum Gasteiger partial charge on any atom is -0.504 e. The molecule has 21 heavy (non-hydrogen) atoms. The molecule has 2 aromatic rings. The number of carboxylic acid groups (broad SMARTS) is 1. The summed E-state index contributed by atoms with van der Waals surface area (Å²) in [5.74, 6) is -3.70. The number of rotatable bonds is 3. The topological polar surface area (TPSA) is 127 Å². The molecule has 0 aliphatic rings. The van der Waals surface area contributed by atoms with Crippen LogP contribution < -0.4 is 4.74 Å². The molecular formula is C14H12O7. The van der Waals surface area contributed by atoms with Crippen molar-refractivity contribution in [1.29, 1.82) is 0 Å². The number of carboxylic acids is 1. The van der Waals surface area contributed by atoms with Crippen LogP contribution in [0.4, 0.5) is 0 Å². The predicted molar refractivity (Wildman–Crippen MR) is 72.0 cm³/mol. The molecule has 0 amide bonds. The summed E-state index contributed by atoms with van der Waals surface area (Å²) in [6.07, 6.45) is 0. The quantitative estimate of drug-likeness (QED) is 0.546. The molecule has 110 valence electrons. The zero-order chi connectivity index (χ0) is 15.7. The third kappa shape index (κ3) is 2.36. The van der Waals surface area contributed by atoms with E-state index in [4.69, 9.17) is 4.74 Å². The molecule has 0 bridgehead atoms. The van der Waals surface area contributed by atoms with Crippen LogP contribution in [0.25, 0.3) is 11.1 Å². The SMILES string of the molecule is COc1cc(C(=O)O)c(-c2ccc(O)c(O)c2O)cc1O. The minimum atomic E-state index is -1.31. The third-order valence-electron chi connectivity index (χ3n) is 2.97. The van der Waals surface area contributed by atoms with Crippen LogP contribution in [0.5, 0.6) is 28.7 Å². The highest BCUT2D eigenvalue weighted by Gasteiger charge is 2.21. The maximum atomic E-state index is 11.3. The number of ether oxygens (including phenoxy) is 1. The Balaban J connectivity index is 2.77. The molecule has 0 aliphatic heterocycles.